The van der Waals surface area contributed by atoms with E-state index in [1.165, 1.54) is 12.1 Å². The van der Waals surface area contributed by atoms with Crippen molar-refractivity contribution in [2.75, 3.05) is 11.9 Å². The predicted molar refractivity (Wildman–Crippen MR) is 74.3 cm³/mol. The second-order valence-corrected chi connectivity index (χ2v) is 5.77. The van der Waals surface area contributed by atoms with E-state index in [4.69, 9.17) is 4.74 Å². The molecule has 2 unspecified atom stereocenters. The summed E-state index contributed by atoms with van der Waals surface area (Å²) in [7, 11) is 0. The molecule has 0 aromatic heterocycles. The highest BCUT2D eigenvalue weighted by atomic mass is 19.4. The van der Waals surface area contributed by atoms with E-state index >= 15 is 0 Å². The van der Waals surface area contributed by atoms with Crippen molar-refractivity contribution in [2.45, 2.75) is 45.7 Å². The molecule has 1 aromatic carbocycles. The van der Waals surface area contributed by atoms with E-state index in [9.17, 15) is 13.2 Å². The summed E-state index contributed by atoms with van der Waals surface area (Å²) >= 11 is 0. The summed E-state index contributed by atoms with van der Waals surface area (Å²) in [6.45, 7) is 6.89. The number of ether oxygens (including phenoxy) is 2. The van der Waals surface area contributed by atoms with E-state index in [1.54, 1.807) is 12.1 Å². The van der Waals surface area contributed by atoms with Crippen LogP contribution in [0.5, 0.6) is 5.75 Å². The lowest BCUT2D eigenvalue weighted by Gasteiger charge is -2.52. The summed E-state index contributed by atoms with van der Waals surface area (Å²) in [5, 5.41) is 3.33. The maximum Gasteiger partial charge on any atom is 0.573 e. The van der Waals surface area contributed by atoms with E-state index in [0.717, 1.165) is 12.1 Å². The van der Waals surface area contributed by atoms with Crippen LogP contribution < -0.4 is 10.1 Å². The van der Waals surface area contributed by atoms with Crippen LogP contribution >= 0.6 is 0 Å². The lowest BCUT2D eigenvalue weighted by Crippen LogP contribution is -2.58. The Labute approximate surface area is 122 Å². The lowest BCUT2D eigenvalue weighted by atomic mass is 9.64. The Kier molecular flexibility index (Phi) is 4.37. The number of alkyl halides is 3. The summed E-state index contributed by atoms with van der Waals surface area (Å²) in [6.07, 6.45) is -3.55. The van der Waals surface area contributed by atoms with Crippen LogP contribution in [0.2, 0.25) is 0 Å². The topological polar surface area (TPSA) is 30.5 Å². The maximum absolute atomic E-state index is 12.1. The molecule has 1 saturated carbocycles. The SMILES string of the molecule is CCOC1CC(Nc2ccc(OC(F)(F)F)cc2)C1(C)C. The van der Waals surface area contributed by atoms with Crippen LogP contribution in [0.25, 0.3) is 0 Å². The minimum atomic E-state index is -4.66. The highest BCUT2D eigenvalue weighted by Gasteiger charge is 2.48. The zero-order valence-corrected chi connectivity index (χ0v) is 12.3. The van der Waals surface area contributed by atoms with Crippen molar-refractivity contribution in [1.29, 1.82) is 0 Å². The van der Waals surface area contributed by atoms with E-state index in [2.05, 4.69) is 23.9 Å². The third-order valence-electron chi connectivity index (χ3n) is 3.97. The number of anilines is 1. The summed E-state index contributed by atoms with van der Waals surface area (Å²) in [6, 6.07) is 6.03. The van der Waals surface area contributed by atoms with Crippen molar-refractivity contribution >= 4 is 5.69 Å². The zero-order valence-electron chi connectivity index (χ0n) is 12.3. The Hall–Kier alpha value is -1.43. The molecular formula is C15H20F3NO2. The highest BCUT2D eigenvalue weighted by molar-refractivity contribution is 5.48. The first-order chi connectivity index (χ1) is 9.72. The molecule has 1 aliphatic carbocycles. The van der Waals surface area contributed by atoms with Gasteiger partial charge in [-0.25, -0.2) is 0 Å². The Morgan fingerprint density at radius 3 is 2.33 bits per heavy atom. The molecule has 1 N–H and O–H groups in total. The van der Waals surface area contributed by atoms with Gasteiger partial charge in [-0.1, -0.05) is 13.8 Å². The third-order valence-corrected chi connectivity index (χ3v) is 3.97. The monoisotopic (exact) mass is 303 g/mol. The summed E-state index contributed by atoms with van der Waals surface area (Å²) in [5.74, 6) is -0.215. The van der Waals surface area contributed by atoms with Gasteiger partial charge in [0.2, 0.25) is 0 Å². The second-order valence-electron chi connectivity index (χ2n) is 5.77. The van der Waals surface area contributed by atoms with E-state index in [-0.39, 0.29) is 23.3 Å². The van der Waals surface area contributed by atoms with Gasteiger partial charge in [-0.2, -0.15) is 0 Å². The molecule has 1 aromatic rings. The minimum absolute atomic E-state index is 0.00283. The fraction of sp³-hybridized carbons (Fsp3) is 0.600. The van der Waals surface area contributed by atoms with Gasteiger partial charge < -0.3 is 14.8 Å². The summed E-state index contributed by atoms with van der Waals surface area (Å²) in [4.78, 5) is 0. The van der Waals surface area contributed by atoms with Crippen molar-refractivity contribution < 1.29 is 22.6 Å². The van der Waals surface area contributed by atoms with Crippen LogP contribution in [0.1, 0.15) is 27.2 Å². The minimum Gasteiger partial charge on any atom is -0.406 e. The van der Waals surface area contributed by atoms with Crippen LogP contribution in [0.4, 0.5) is 18.9 Å². The first kappa shape index (κ1) is 15.9. The number of hydrogen-bond acceptors (Lipinski definition) is 3. The van der Waals surface area contributed by atoms with Crippen LogP contribution in [-0.4, -0.2) is 25.1 Å². The average molecular weight is 303 g/mol. The molecular weight excluding hydrogens is 283 g/mol. The van der Waals surface area contributed by atoms with Crippen LogP contribution in [-0.2, 0) is 4.74 Å². The van der Waals surface area contributed by atoms with Crippen molar-refractivity contribution in [2.24, 2.45) is 5.41 Å². The quantitative estimate of drug-likeness (QED) is 0.884. The maximum atomic E-state index is 12.1. The molecule has 0 radical (unpaired) electrons. The van der Waals surface area contributed by atoms with E-state index in [1.807, 2.05) is 6.92 Å². The molecule has 0 amide bonds. The molecule has 0 bridgehead atoms. The second kappa shape index (κ2) is 5.75. The van der Waals surface area contributed by atoms with Gasteiger partial charge in [0, 0.05) is 23.8 Å². The Morgan fingerprint density at radius 2 is 1.86 bits per heavy atom. The molecule has 0 heterocycles. The molecule has 0 saturated heterocycles. The standard InChI is InChI=1S/C15H20F3NO2/c1-4-20-13-9-12(14(13,2)3)19-10-5-7-11(8-6-10)21-15(16,17)18/h5-8,12-13,19H,4,9H2,1-3H3. The number of hydrogen-bond donors (Lipinski definition) is 1. The highest BCUT2D eigenvalue weighted by Crippen LogP contribution is 2.44. The van der Waals surface area contributed by atoms with Gasteiger partial charge in [-0.15, -0.1) is 13.2 Å². The molecule has 6 heteroatoms. The van der Waals surface area contributed by atoms with Gasteiger partial charge in [0.1, 0.15) is 5.75 Å². The van der Waals surface area contributed by atoms with Crippen LogP contribution in [0.15, 0.2) is 24.3 Å². The van der Waals surface area contributed by atoms with Crippen LogP contribution in [0.3, 0.4) is 0 Å². The molecule has 0 spiro atoms. The zero-order chi connectivity index (χ0) is 15.7. The smallest absolute Gasteiger partial charge is 0.406 e. The van der Waals surface area contributed by atoms with Gasteiger partial charge in [0.25, 0.3) is 0 Å². The molecule has 118 valence electrons. The third kappa shape index (κ3) is 3.81. The van der Waals surface area contributed by atoms with Crippen LogP contribution in [0, 0.1) is 5.41 Å². The molecule has 1 fully saturated rings. The fourth-order valence-corrected chi connectivity index (χ4v) is 2.57. The number of nitrogens with one attached hydrogen (secondary N) is 1. The molecule has 2 atom stereocenters. The molecule has 3 nitrogen and oxygen atoms in total. The lowest BCUT2D eigenvalue weighted by molar-refractivity contribution is -0.274. The first-order valence-electron chi connectivity index (χ1n) is 6.96. The van der Waals surface area contributed by atoms with Crippen molar-refractivity contribution in [3.05, 3.63) is 24.3 Å². The van der Waals surface area contributed by atoms with Crippen molar-refractivity contribution in [3.63, 3.8) is 0 Å². The fourth-order valence-electron chi connectivity index (χ4n) is 2.57. The van der Waals surface area contributed by atoms with Gasteiger partial charge in [-0.3, -0.25) is 0 Å². The normalized spacial score (nSPS) is 24.3. The average Bonchev–Trinajstić information content (AvgIpc) is 2.38. The number of halogens is 3. The van der Waals surface area contributed by atoms with Gasteiger partial charge in [0.15, 0.2) is 0 Å². The molecule has 1 aliphatic rings. The van der Waals surface area contributed by atoms with Crippen molar-refractivity contribution in [3.8, 4) is 5.75 Å². The Balaban J connectivity index is 1.93. The van der Waals surface area contributed by atoms with Gasteiger partial charge >= 0.3 is 6.36 Å². The van der Waals surface area contributed by atoms with E-state index in [0.29, 0.717) is 6.61 Å². The Bertz CT molecular complexity index is 471. The van der Waals surface area contributed by atoms with E-state index < -0.39 is 6.36 Å². The van der Waals surface area contributed by atoms with Gasteiger partial charge in [-0.05, 0) is 37.6 Å². The van der Waals surface area contributed by atoms with Crippen molar-refractivity contribution in [1.82, 2.24) is 0 Å². The molecule has 21 heavy (non-hydrogen) atoms. The predicted octanol–water partition coefficient (Wildman–Crippen LogP) is 4.20. The molecule has 0 aliphatic heterocycles. The number of rotatable bonds is 5. The Morgan fingerprint density at radius 1 is 1.24 bits per heavy atom. The van der Waals surface area contributed by atoms with Gasteiger partial charge in [0.05, 0.1) is 6.10 Å². The largest absolute Gasteiger partial charge is 0.573 e. The molecule has 2 rings (SSSR count). The first-order valence-corrected chi connectivity index (χ1v) is 6.96. The number of benzene rings is 1. The summed E-state index contributed by atoms with van der Waals surface area (Å²) < 4.78 is 45.7. The summed E-state index contributed by atoms with van der Waals surface area (Å²) in [5.41, 5.74) is 0.773.